The van der Waals surface area contributed by atoms with Gasteiger partial charge in [-0.25, -0.2) is 4.98 Å². The predicted molar refractivity (Wildman–Crippen MR) is 120 cm³/mol. The van der Waals surface area contributed by atoms with Crippen LogP contribution >= 0.6 is 0 Å². The molecule has 3 rings (SSSR count). The van der Waals surface area contributed by atoms with E-state index in [1.54, 1.807) is 30.2 Å². The molecule has 174 valence electrons. The third-order valence-corrected chi connectivity index (χ3v) is 5.43. The molecule has 0 aliphatic carbocycles. The van der Waals surface area contributed by atoms with E-state index in [4.69, 9.17) is 4.74 Å². The molecule has 0 bridgehead atoms. The molecule has 0 saturated heterocycles. The summed E-state index contributed by atoms with van der Waals surface area (Å²) in [4.78, 5) is 23.5. The quantitative estimate of drug-likeness (QED) is 0.425. The van der Waals surface area contributed by atoms with Gasteiger partial charge in [-0.3, -0.25) is 9.78 Å². The van der Waals surface area contributed by atoms with Crippen molar-refractivity contribution in [3.63, 3.8) is 0 Å². The number of rotatable bonds is 8. The molecule has 33 heavy (non-hydrogen) atoms. The standard InChI is InChI=1S/C25H26F3N3O2/c1-4-22(17(3)33-23-14-13-18(16-30-23)25(26,27)28)31(5-2)24(32)20-11-7-6-10-19(20)21-12-8-9-15-29-21/h6-17,22H,4-5H2,1-3H3. The summed E-state index contributed by atoms with van der Waals surface area (Å²) in [5, 5.41) is 0. The summed E-state index contributed by atoms with van der Waals surface area (Å²) < 4.78 is 44.2. The molecule has 0 spiro atoms. The molecule has 0 fully saturated rings. The summed E-state index contributed by atoms with van der Waals surface area (Å²) in [7, 11) is 0. The SMILES string of the molecule is CCC(C(C)Oc1ccc(C(F)(F)F)cn1)N(CC)C(=O)c1ccccc1-c1ccccn1. The van der Waals surface area contributed by atoms with E-state index in [9.17, 15) is 18.0 Å². The van der Waals surface area contributed by atoms with Crippen LogP contribution < -0.4 is 4.74 Å². The Morgan fingerprint density at radius 1 is 1.03 bits per heavy atom. The summed E-state index contributed by atoms with van der Waals surface area (Å²) in [6.45, 7) is 6.04. The maximum absolute atomic E-state index is 13.6. The molecule has 2 unspecified atom stereocenters. The van der Waals surface area contributed by atoms with Crippen LogP contribution in [0.3, 0.4) is 0 Å². The Kier molecular flexibility index (Phi) is 7.68. The molecule has 1 amide bonds. The number of aromatic nitrogens is 2. The number of ether oxygens (including phenoxy) is 1. The lowest BCUT2D eigenvalue weighted by atomic mass is 10.0. The van der Waals surface area contributed by atoms with Crippen LogP contribution in [0.2, 0.25) is 0 Å². The minimum atomic E-state index is -4.46. The van der Waals surface area contributed by atoms with Gasteiger partial charge < -0.3 is 9.64 Å². The molecule has 3 aromatic rings. The largest absolute Gasteiger partial charge is 0.472 e. The number of carbonyl (C=O) groups excluding carboxylic acids is 1. The van der Waals surface area contributed by atoms with Gasteiger partial charge in [0.1, 0.15) is 6.10 Å². The van der Waals surface area contributed by atoms with Gasteiger partial charge in [-0.2, -0.15) is 13.2 Å². The zero-order valence-corrected chi connectivity index (χ0v) is 18.7. The lowest BCUT2D eigenvalue weighted by Gasteiger charge is -2.34. The highest BCUT2D eigenvalue weighted by atomic mass is 19.4. The van der Waals surface area contributed by atoms with Crippen LogP contribution in [-0.4, -0.2) is 39.5 Å². The van der Waals surface area contributed by atoms with Gasteiger partial charge in [0.25, 0.3) is 5.91 Å². The fraction of sp³-hybridized carbons (Fsp3) is 0.320. The van der Waals surface area contributed by atoms with Crippen LogP contribution in [0.4, 0.5) is 13.2 Å². The number of alkyl halides is 3. The Balaban J connectivity index is 1.83. The van der Waals surface area contributed by atoms with Gasteiger partial charge in [0.2, 0.25) is 5.88 Å². The van der Waals surface area contributed by atoms with Gasteiger partial charge in [-0.15, -0.1) is 0 Å². The van der Waals surface area contributed by atoms with Crippen molar-refractivity contribution in [1.82, 2.24) is 14.9 Å². The summed E-state index contributed by atoms with van der Waals surface area (Å²) in [5.74, 6) is -0.0900. The maximum Gasteiger partial charge on any atom is 0.417 e. The predicted octanol–water partition coefficient (Wildman–Crippen LogP) is 5.87. The molecule has 0 radical (unpaired) electrons. The van der Waals surface area contributed by atoms with Crippen LogP contribution in [0.25, 0.3) is 11.3 Å². The van der Waals surface area contributed by atoms with Crippen LogP contribution in [0.1, 0.15) is 43.1 Å². The zero-order valence-electron chi connectivity index (χ0n) is 18.7. The van der Waals surface area contributed by atoms with Crippen molar-refractivity contribution in [3.8, 4) is 17.1 Å². The van der Waals surface area contributed by atoms with Crippen LogP contribution in [0.5, 0.6) is 5.88 Å². The van der Waals surface area contributed by atoms with Gasteiger partial charge in [0.05, 0.1) is 17.3 Å². The Bertz CT molecular complexity index is 1060. The highest BCUT2D eigenvalue weighted by Gasteiger charge is 2.32. The topological polar surface area (TPSA) is 55.3 Å². The van der Waals surface area contributed by atoms with E-state index in [0.29, 0.717) is 24.2 Å². The summed E-state index contributed by atoms with van der Waals surface area (Å²) in [6.07, 6.45) is -1.95. The number of halogens is 3. The average Bonchev–Trinajstić information content (AvgIpc) is 2.82. The summed E-state index contributed by atoms with van der Waals surface area (Å²) in [6, 6.07) is 14.6. The van der Waals surface area contributed by atoms with Crippen molar-refractivity contribution in [3.05, 3.63) is 78.1 Å². The molecule has 0 aliphatic rings. The first-order valence-electron chi connectivity index (χ1n) is 10.8. The molecule has 0 aliphatic heterocycles. The van der Waals surface area contributed by atoms with Crippen LogP contribution in [0.15, 0.2) is 67.0 Å². The Labute approximate surface area is 191 Å². The van der Waals surface area contributed by atoms with Crippen molar-refractivity contribution >= 4 is 5.91 Å². The minimum Gasteiger partial charge on any atom is -0.472 e. The fourth-order valence-electron chi connectivity index (χ4n) is 3.79. The number of pyridine rings is 2. The fourth-order valence-corrected chi connectivity index (χ4v) is 3.79. The van der Waals surface area contributed by atoms with Gasteiger partial charge in [0.15, 0.2) is 0 Å². The third-order valence-electron chi connectivity index (χ3n) is 5.43. The molecule has 8 heteroatoms. The first-order chi connectivity index (χ1) is 15.8. The summed E-state index contributed by atoms with van der Waals surface area (Å²) >= 11 is 0. The third kappa shape index (κ3) is 5.69. The first-order valence-corrected chi connectivity index (χ1v) is 10.8. The van der Waals surface area contributed by atoms with Crippen molar-refractivity contribution in [1.29, 1.82) is 0 Å². The number of hydrogen-bond donors (Lipinski definition) is 0. The second-order valence-electron chi connectivity index (χ2n) is 7.53. The van der Waals surface area contributed by atoms with E-state index in [1.807, 2.05) is 44.2 Å². The average molecular weight is 457 g/mol. The maximum atomic E-state index is 13.6. The Morgan fingerprint density at radius 2 is 1.76 bits per heavy atom. The van der Waals surface area contributed by atoms with Gasteiger partial charge in [-0.05, 0) is 44.5 Å². The van der Waals surface area contributed by atoms with Crippen molar-refractivity contribution in [2.75, 3.05) is 6.54 Å². The summed E-state index contributed by atoms with van der Waals surface area (Å²) in [5.41, 5.74) is 1.11. The van der Waals surface area contributed by atoms with Crippen molar-refractivity contribution in [2.45, 2.75) is 45.5 Å². The Hall–Kier alpha value is -3.42. The van der Waals surface area contributed by atoms with E-state index in [0.717, 1.165) is 17.8 Å². The highest BCUT2D eigenvalue weighted by Crippen LogP contribution is 2.30. The second kappa shape index (κ2) is 10.5. The molecule has 1 aromatic carbocycles. The molecular weight excluding hydrogens is 431 g/mol. The van der Waals surface area contributed by atoms with Crippen molar-refractivity contribution in [2.24, 2.45) is 0 Å². The van der Waals surface area contributed by atoms with Gasteiger partial charge in [-0.1, -0.05) is 31.2 Å². The number of likely N-dealkylation sites (N-methyl/N-ethyl adjacent to an activating group) is 1. The Morgan fingerprint density at radius 3 is 2.33 bits per heavy atom. The van der Waals surface area contributed by atoms with E-state index in [2.05, 4.69) is 9.97 Å². The minimum absolute atomic E-state index is 0.0753. The van der Waals surface area contributed by atoms with Gasteiger partial charge >= 0.3 is 6.18 Å². The van der Waals surface area contributed by atoms with Gasteiger partial charge in [0, 0.05) is 36.1 Å². The first kappa shape index (κ1) is 24.2. The second-order valence-corrected chi connectivity index (χ2v) is 7.53. The molecule has 0 saturated carbocycles. The number of amides is 1. The van der Waals surface area contributed by atoms with E-state index >= 15 is 0 Å². The van der Waals surface area contributed by atoms with Crippen LogP contribution in [-0.2, 0) is 6.18 Å². The molecule has 2 atom stereocenters. The van der Waals surface area contributed by atoms with Crippen molar-refractivity contribution < 1.29 is 22.7 Å². The van der Waals surface area contributed by atoms with E-state index in [1.165, 1.54) is 6.07 Å². The number of hydrogen-bond acceptors (Lipinski definition) is 4. The molecular formula is C25H26F3N3O2. The van der Waals surface area contributed by atoms with E-state index in [-0.39, 0.29) is 17.8 Å². The van der Waals surface area contributed by atoms with Crippen LogP contribution in [0, 0.1) is 0 Å². The smallest absolute Gasteiger partial charge is 0.417 e. The highest BCUT2D eigenvalue weighted by molar-refractivity contribution is 6.00. The number of benzene rings is 1. The molecule has 2 heterocycles. The molecule has 2 aromatic heterocycles. The molecule has 0 N–H and O–H groups in total. The lowest BCUT2D eigenvalue weighted by Crippen LogP contribution is -2.47. The monoisotopic (exact) mass is 457 g/mol. The number of nitrogens with zero attached hydrogens (tertiary/aromatic N) is 3. The lowest BCUT2D eigenvalue weighted by molar-refractivity contribution is -0.137. The van der Waals surface area contributed by atoms with E-state index < -0.39 is 17.8 Å². The number of carbonyl (C=O) groups is 1. The zero-order chi connectivity index (χ0) is 24.0. The molecule has 5 nitrogen and oxygen atoms in total. The normalized spacial score (nSPS) is 13.3.